The fourth-order valence-electron chi connectivity index (χ4n) is 2.49. The minimum absolute atomic E-state index is 0.380. The van der Waals surface area contributed by atoms with Crippen molar-refractivity contribution in [2.45, 2.75) is 33.2 Å². The zero-order valence-electron chi connectivity index (χ0n) is 9.84. The molecule has 3 nitrogen and oxygen atoms in total. The van der Waals surface area contributed by atoms with Crippen LogP contribution in [0.25, 0.3) is 0 Å². The van der Waals surface area contributed by atoms with E-state index in [2.05, 4.69) is 26.2 Å². The van der Waals surface area contributed by atoms with E-state index in [0.29, 0.717) is 28.8 Å². The number of carbonyl (C=O) groups is 1. The Bertz CT molecular complexity index is 215. The Morgan fingerprint density at radius 1 is 1.57 bits per heavy atom. The quantitative estimate of drug-likeness (QED) is 0.672. The number of rotatable bonds is 2. The van der Waals surface area contributed by atoms with E-state index in [0.717, 1.165) is 19.6 Å². The molecule has 3 heteroatoms. The molecule has 82 valence electrons. The first-order valence-corrected chi connectivity index (χ1v) is 5.61. The number of likely N-dealkylation sites (N-methyl/N-ethyl adjacent to an activating group) is 1. The molecule has 1 amide bonds. The number of hydrogen-bond donors (Lipinski definition) is 1. The molecule has 0 radical (unpaired) electrons. The van der Waals surface area contributed by atoms with Crippen LogP contribution in [0.2, 0.25) is 0 Å². The average Bonchev–Trinajstić information content (AvgIpc) is 2.16. The Morgan fingerprint density at radius 3 is 2.71 bits per heavy atom. The highest BCUT2D eigenvalue weighted by atomic mass is 16.2. The van der Waals surface area contributed by atoms with Crippen molar-refractivity contribution in [2.75, 3.05) is 26.7 Å². The first-order chi connectivity index (χ1) is 6.52. The molecule has 1 heterocycles. The summed E-state index contributed by atoms with van der Waals surface area (Å²) in [7, 11) is 2.09. The van der Waals surface area contributed by atoms with E-state index in [1.807, 2.05) is 6.92 Å². The van der Waals surface area contributed by atoms with Gasteiger partial charge in [0.15, 0.2) is 0 Å². The Labute approximate surface area is 87.1 Å². The maximum atomic E-state index is 11.9. The summed E-state index contributed by atoms with van der Waals surface area (Å²) in [5.41, 5.74) is 0. The van der Waals surface area contributed by atoms with Crippen LogP contribution in [0.1, 0.15) is 27.2 Å². The van der Waals surface area contributed by atoms with Gasteiger partial charge in [0, 0.05) is 19.0 Å². The monoisotopic (exact) mass is 199 g/mol. The van der Waals surface area contributed by atoms with Crippen molar-refractivity contribution >= 4 is 5.91 Å². The highest BCUT2D eigenvalue weighted by molar-refractivity contribution is 5.68. The van der Waals surface area contributed by atoms with E-state index >= 15 is 0 Å². The number of piperazine rings is 1. The molecule has 1 aliphatic rings. The van der Waals surface area contributed by atoms with Gasteiger partial charge in [0.1, 0.15) is 6.04 Å². The van der Waals surface area contributed by atoms with E-state index in [4.69, 9.17) is 0 Å². The van der Waals surface area contributed by atoms with E-state index in [1.54, 1.807) is 0 Å². The third-order valence-electron chi connectivity index (χ3n) is 3.48. The maximum Gasteiger partial charge on any atom is 0.313 e. The van der Waals surface area contributed by atoms with Crippen LogP contribution in [0.4, 0.5) is 0 Å². The van der Waals surface area contributed by atoms with Crippen molar-refractivity contribution in [3.05, 3.63) is 0 Å². The van der Waals surface area contributed by atoms with E-state index < -0.39 is 0 Å². The molecule has 0 saturated carbocycles. The summed E-state index contributed by atoms with van der Waals surface area (Å²) >= 11 is 0. The van der Waals surface area contributed by atoms with Crippen LogP contribution in [0.15, 0.2) is 0 Å². The Kier molecular flexibility index (Phi) is 3.67. The molecule has 0 bridgehead atoms. The van der Waals surface area contributed by atoms with Gasteiger partial charge in [0.05, 0.1) is 20.0 Å². The van der Waals surface area contributed by atoms with Gasteiger partial charge < -0.3 is 5.32 Å². The lowest BCUT2D eigenvalue weighted by Gasteiger charge is -2.44. The predicted octanol–water partition coefficient (Wildman–Crippen LogP) is 0.997. The Morgan fingerprint density at radius 2 is 2.21 bits per heavy atom. The van der Waals surface area contributed by atoms with Crippen LogP contribution in [0.5, 0.6) is 0 Å². The molecule has 1 saturated heterocycles. The molecule has 1 aliphatic heterocycles. The van der Waals surface area contributed by atoms with Crippen LogP contribution in [-0.4, -0.2) is 43.1 Å². The van der Waals surface area contributed by atoms with Gasteiger partial charge in [0.2, 0.25) is 0 Å². The zero-order valence-corrected chi connectivity index (χ0v) is 9.84. The van der Waals surface area contributed by atoms with Crippen LogP contribution < -0.4 is 5.32 Å². The minimum atomic E-state index is 0.380. The molecular formula is C11H23N2O+. The van der Waals surface area contributed by atoms with Crippen LogP contribution in [0, 0.1) is 5.92 Å². The molecule has 0 aromatic carbocycles. The number of nitrogens with zero attached hydrogens (tertiary/aromatic N) is 1. The SMILES string of the molecule is CCC(=O)[N+]1(C)CCNCC1C(C)C. The summed E-state index contributed by atoms with van der Waals surface area (Å²) in [6.07, 6.45) is 0.652. The molecule has 0 aromatic heterocycles. The molecule has 2 unspecified atom stereocenters. The van der Waals surface area contributed by atoms with Gasteiger partial charge >= 0.3 is 5.91 Å². The number of nitrogens with one attached hydrogen (secondary N) is 1. The molecule has 0 aromatic rings. The smallest absolute Gasteiger partial charge is 0.306 e. The largest absolute Gasteiger partial charge is 0.313 e. The average molecular weight is 199 g/mol. The third-order valence-corrected chi connectivity index (χ3v) is 3.48. The fourth-order valence-corrected chi connectivity index (χ4v) is 2.49. The first-order valence-electron chi connectivity index (χ1n) is 5.61. The summed E-state index contributed by atoms with van der Waals surface area (Å²) in [4.78, 5) is 11.9. The van der Waals surface area contributed by atoms with Crippen LogP contribution in [0.3, 0.4) is 0 Å². The number of amides is 1. The normalized spacial score (nSPS) is 33.4. The molecule has 14 heavy (non-hydrogen) atoms. The van der Waals surface area contributed by atoms with E-state index in [-0.39, 0.29) is 0 Å². The van der Waals surface area contributed by atoms with Crippen LogP contribution in [-0.2, 0) is 4.79 Å². The Hall–Kier alpha value is -0.410. The second kappa shape index (κ2) is 4.41. The van der Waals surface area contributed by atoms with Gasteiger partial charge in [-0.15, -0.1) is 0 Å². The topological polar surface area (TPSA) is 29.1 Å². The van der Waals surface area contributed by atoms with Gasteiger partial charge in [-0.05, 0) is 0 Å². The Balaban J connectivity index is 2.84. The lowest BCUT2D eigenvalue weighted by Crippen LogP contribution is -2.66. The standard InChI is InChI=1S/C11H23N2O/c1-5-11(14)13(4)7-6-12-8-10(13)9(2)3/h9-10,12H,5-8H2,1-4H3/q+1. The highest BCUT2D eigenvalue weighted by Crippen LogP contribution is 2.21. The minimum Gasteiger partial charge on any atom is -0.306 e. The zero-order chi connectivity index (χ0) is 10.8. The van der Waals surface area contributed by atoms with Gasteiger partial charge in [-0.3, -0.25) is 4.48 Å². The van der Waals surface area contributed by atoms with Crippen molar-refractivity contribution in [3.63, 3.8) is 0 Å². The van der Waals surface area contributed by atoms with Crippen molar-refractivity contribution in [3.8, 4) is 0 Å². The van der Waals surface area contributed by atoms with E-state index in [9.17, 15) is 4.79 Å². The summed E-state index contributed by atoms with van der Waals surface area (Å²) in [5, 5.41) is 3.38. The second-order valence-corrected chi connectivity index (χ2v) is 4.75. The summed E-state index contributed by atoms with van der Waals surface area (Å²) in [6, 6.07) is 0.441. The maximum absolute atomic E-state index is 11.9. The van der Waals surface area contributed by atoms with Gasteiger partial charge in [-0.1, -0.05) is 20.8 Å². The summed E-state index contributed by atoms with van der Waals surface area (Å²) in [6.45, 7) is 9.25. The number of quaternary nitrogens is 1. The third kappa shape index (κ3) is 1.98. The predicted molar refractivity (Wildman–Crippen MR) is 57.8 cm³/mol. The second-order valence-electron chi connectivity index (χ2n) is 4.75. The molecule has 1 rings (SSSR count). The van der Waals surface area contributed by atoms with Gasteiger partial charge in [-0.25, -0.2) is 4.79 Å². The highest BCUT2D eigenvalue weighted by Gasteiger charge is 2.42. The van der Waals surface area contributed by atoms with Gasteiger partial charge in [-0.2, -0.15) is 0 Å². The molecule has 0 aliphatic carbocycles. The summed E-state index contributed by atoms with van der Waals surface area (Å²) < 4.78 is 0.626. The molecular weight excluding hydrogens is 176 g/mol. The van der Waals surface area contributed by atoms with E-state index in [1.165, 1.54) is 0 Å². The van der Waals surface area contributed by atoms with Crippen LogP contribution >= 0.6 is 0 Å². The fraction of sp³-hybridized carbons (Fsp3) is 0.909. The lowest BCUT2D eigenvalue weighted by atomic mass is 9.97. The first kappa shape index (κ1) is 11.7. The van der Waals surface area contributed by atoms with Crippen molar-refractivity contribution < 1.29 is 9.28 Å². The molecule has 1 fully saturated rings. The van der Waals surface area contributed by atoms with Gasteiger partial charge in [0.25, 0.3) is 0 Å². The number of hydrogen-bond acceptors (Lipinski definition) is 2. The summed E-state index contributed by atoms with van der Waals surface area (Å²) in [5.74, 6) is 0.938. The van der Waals surface area contributed by atoms with Crippen molar-refractivity contribution in [2.24, 2.45) is 5.92 Å². The lowest BCUT2D eigenvalue weighted by molar-refractivity contribution is -0.866. The van der Waals surface area contributed by atoms with Crippen molar-refractivity contribution in [1.82, 2.24) is 5.32 Å². The molecule has 2 atom stereocenters. The molecule has 0 spiro atoms. The van der Waals surface area contributed by atoms with Crippen molar-refractivity contribution in [1.29, 1.82) is 0 Å². The number of carbonyl (C=O) groups excluding carboxylic acids is 1. The molecule has 1 N–H and O–H groups in total.